The van der Waals surface area contributed by atoms with Crippen LogP contribution in [0.5, 0.6) is 0 Å². The molecular formula is C15H22O. The molecule has 0 radical (unpaired) electrons. The molecule has 2 aliphatic rings. The van der Waals surface area contributed by atoms with Gasteiger partial charge in [0.05, 0.1) is 0 Å². The first-order valence-corrected chi connectivity index (χ1v) is 6.67. The summed E-state index contributed by atoms with van der Waals surface area (Å²) in [7, 11) is 0. The molecule has 16 heavy (non-hydrogen) atoms. The molecule has 1 heteroatoms. The number of carbonyl (C=O) groups excluding carboxylic acids is 1. The molecule has 2 rings (SSSR count). The van der Waals surface area contributed by atoms with Crippen molar-refractivity contribution in [2.45, 2.75) is 51.4 Å². The summed E-state index contributed by atoms with van der Waals surface area (Å²) in [5.74, 6) is 1.02. The summed E-state index contributed by atoms with van der Waals surface area (Å²) in [6.45, 7) is 4.15. The van der Waals surface area contributed by atoms with E-state index < -0.39 is 0 Å². The van der Waals surface area contributed by atoms with E-state index >= 15 is 0 Å². The van der Waals surface area contributed by atoms with E-state index in [1.54, 1.807) is 6.08 Å². The van der Waals surface area contributed by atoms with Crippen LogP contribution in [-0.2, 0) is 4.79 Å². The Kier molecular flexibility index (Phi) is 3.98. The Morgan fingerprint density at radius 2 is 1.81 bits per heavy atom. The molecule has 0 aromatic rings. The summed E-state index contributed by atoms with van der Waals surface area (Å²) in [5, 5.41) is 0. The average Bonchev–Trinajstić information content (AvgIpc) is 2.60. The minimum atomic E-state index is 0.136. The fourth-order valence-electron chi connectivity index (χ4n) is 3.14. The van der Waals surface area contributed by atoms with Gasteiger partial charge in [-0.1, -0.05) is 43.9 Å². The van der Waals surface area contributed by atoms with Crippen LogP contribution in [0.4, 0.5) is 0 Å². The van der Waals surface area contributed by atoms with Gasteiger partial charge < -0.3 is 0 Å². The molecule has 1 fully saturated rings. The van der Waals surface area contributed by atoms with Crippen LogP contribution in [0.3, 0.4) is 0 Å². The number of hydrogen-bond donors (Lipinski definition) is 0. The Morgan fingerprint density at radius 1 is 1.12 bits per heavy atom. The number of ketones is 1. The van der Waals surface area contributed by atoms with E-state index in [4.69, 9.17) is 0 Å². The van der Waals surface area contributed by atoms with Crippen LogP contribution in [0.25, 0.3) is 0 Å². The maximum atomic E-state index is 12.1. The second kappa shape index (κ2) is 5.47. The number of carbonyl (C=O) groups is 1. The molecule has 1 atom stereocenters. The zero-order valence-electron chi connectivity index (χ0n) is 10.1. The average molecular weight is 218 g/mol. The summed E-state index contributed by atoms with van der Waals surface area (Å²) < 4.78 is 0. The lowest BCUT2D eigenvalue weighted by Crippen LogP contribution is -2.23. The fraction of sp³-hybridized carbons (Fsp3) is 0.667. The molecule has 0 aromatic heterocycles. The maximum absolute atomic E-state index is 12.1. The van der Waals surface area contributed by atoms with E-state index in [1.807, 2.05) is 6.08 Å². The standard InChI is InChI=1S/C15H22O/c1-12-8-6-7-11-14(16)15(12)13-9-4-2-3-5-10-13/h7,11,13,15H,1-6,8-10H2. The van der Waals surface area contributed by atoms with E-state index in [0.29, 0.717) is 11.7 Å². The van der Waals surface area contributed by atoms with Gasteiger partial charge in [-0.3, -0.25) is 4.79 Å². The molecule has 2 aliphatic carbocycles. The van der Waals surface area contributed by atoms with Gasteiger partial charge in [0.25, 0.3) is 0 Å². The van der Waals surface area contributed by atoms with Crippen molar-refractivity contribution in [1.29, 1.82) is 0 Å². The van der Waals surface area contributed by atoms with Gasteiger partial charge in [0, 0.05) is 5.92 Å². The summed E-state index contributed by atoms with van der Waals surface area (Å²) in [6.07, 6.45) is 13.6. The zero-order chi connectivity index (χ0) is 11.4. The normalized spacial score (nSPS) is 28.9. The van der Waals surface area contributed by atoms with Gasteiger partial charge in [-0.2, -0.15) is 0 Å². The van der Waals surface area contributed by atoms with Crippen LogP contribution in [0.15, 0.2) is 24.3 Å². The summed E-state index contributed by atoms with van der Waals surface area (Å²) >= 11 is 0. The third-order valence-electron chi connectivity index (χ3n) is 4.03. The molecular weight excluding hydrogens is 196 g/mol. The third-order valence-corrected chi connectivity index (χ3v) is 4.03. The predicted octanol–water partition coefficient (Wildman–Crippen LogP) is 4.05. The number of rotatable bonds is 1. The van der Waals surface area contributed by atoms with Gasteiger partial charge in [-0.05, 0) is 37.7 Å². The van der Waals surface area contributed by atoms with Crippen molar-refractivity contribution < 1.29 is 4.79 Å². The third kappa shape index (κ3) is 2.63. The van der Waals surface area contributed by atoms with Crippen LogP contribution >= 0.6 is 0 Å². The molecule has 88 valence electrons. The highest BCUT2D eigenvalue weighted by atomic mass is 16.1. The Labute approximate surface area is 98.6 Å². The number of allylic oxidation sites excluding steroid dienone is 3. The SMILES string of the molecule is C=C1CCC=CC(=O)C1C1CCCCCC1. The highest BCUT2D eigenvalue weighted by Gasteiger charge is 2.30. The quantitative estimate of drug-likeness (QED) is 0.479. The maximum Gasteiger partial charge on any atom is 0.162 e. The van der Waals surface area contributed by atoms with Crippen molar-refractivity contribution >= 4 is 5.78 Å². The predicted molar refractivity (Wildman–Crippen MR) is 67.2 cm³/mol. The smallest absolute Gasteiger partial charge is 0.162 e. The minimum absolute atomic E-state index is 0.136. The van der Waals surface area contributed by atoms with E-state index in [0.717, 1.165) is 12.8 Å². The zero-order valence-corrected chi connectivity index (χ0v) is 10.1. The second-order valence-corrected chi connectivity index (χ2v) is 5.23. The van der Waals surface area contributed by atoms with Crippen LogP contribution in [-0.4, -0.2) is 5.78 Å². The van der Waals surface area contributed by atoms with E-state index in [2.05, 4.69) is 6.58 Å². The Morgan fingerprint density at radius 3 is 2.50 bits per heavy atom. The molecule has 0 N–H and O–H groups in total. The van der Waals surface area contributed by atoms with Gasteiger partial charge in [0.2, 0.25) is 0 Å². The molecule has 0 heterocycles. The van der Waals surface area contributed by atoms with Crippen molar-refractivity contribution in [2.75, 3.05) is 0 Å². The molecule has 1 nitrogen and oxygen atoms in total. The Bertz CT molecular complexity index is 293. The molecule has 1 saturated carbocycles. The van der Waals surface area contributed by atoms with E-state index in [1.165, 1.54) is 44.1 Å². The van der Waals surface area contributed by atoms with E-state index in [-0.39, 0.29) is 5.92 Å². The highest BCUT2D eigenvalue weighted by Crippen LogP contribution is 2.35. The molecule has 0 amide bonds. The van der Waals surface area contributed by atoms with Crippen LogP contribution in [0, 0.1) is 11.8 Å². The first-order chi connectivity index (χ1) is 7.79. The Balaban J connectivity index is 2.11. The lowest BCUT2D eigenvalue weighted by molar-refractivity contribution is -0.118. The summed E-state index contributed by atoms with van der Waals surface area (Å²) in [5.41, 5.74) is 1.18. The van der Waals surface area contributed by atoms with Crippen molar-refractivity contribution in [3.8, 4) is 0 Å². The van der Waals surface area contributed by atoms with Gasteiger partial charge in [0.1, 0.15) is 0 Å². The van der Waals surface area contributed by atoms with Gasteiger partial charge >= 0.3 is 0 Å². The first kappa shape index (κ1) is 11.6. The monoisotopic (exact) mass is 218 g/mol. The summed E-state index contributed by atoms with van der Waals surface area (Å²) in [4.78, 5) is 12.1. The van der Waals surface area contributed by atoms with Crippen LogP contribution in [0.2, 0.25) is 0 Å². The summed E-state index contributed by atoms with van der Waals surface area (Å²) in [6, 6.07) is 0. The Hall–Kier alpha value is -0.850. The molecule has 0 spiro atoms. The highest BCUT2D eigenvalue weighted by molar-refractivity contribution is 5.94. The van der Waals surface area contributed by atoms with Crippen molar-refractivity contribution in [1.82, 2.24) is 0 Å². The molecule has 0 bridgehead atoms. The van der Waals surface area contributed by atoms with Crippen molar-refractivity contribution in [3.05, 3.63) is 24.3 Å². The van der Waals surface area contributed by atoms with Crippen molar-refractivity contribution in [3.63, 3.8) is 0 Å². The molecule has 1 unspecified atom stereocenters. The lowest BCUT2D eigenvalue weighted by Gasteiger charge is -2.25. The number of hydrogen-bond acceptors (Lipinski definition) is 1. The first-order valence-electron chi connectivity index (χ1n) is 6.67. The molecule has 0 aromatic carbocycles. The fourth-order valence-corrected chi connectivity index (χ4v) is 3.14. The van der Waals surface area contributed by atoms with Crippen LogP contribution in [0.1, 0.15) is 51.4 Å². The van der Waals surface area contributed by atoms with Crippen molar-refractivity contribution in [2.24, 2.45) is 11.8 Å². The van der Waals surface area contributed by atoms with Crippen LogP contribution < -0.4 is 0 Å². The van der Waals surface area contributed by atoms with Gasteiger partial charge in [-0.25, -0.2) is 0 Å². The second-order valence-electron chi connectivity index (χ2n) is 5.23. The lowest BCUT2D eigenvalue weighted by atomic mass is 9.78. The largest absolute Gasteiger partial charge is 0.294 e. The molecule has 0 saturated heterocycles. The minimum Gasteiger partial charge on any atom is -0.294 e. The van der Waals surface area contributed by atoms with Gasteiger partial charge in [-0.15, -0.1) is 0 Å². The molecule has 0 aliphatic heterocycles. The van der Waals surface area contributed by atoms with Gasteiger partial charge in [0.15, 0.2) is 5.78 Å². The van der Waals surface area contributed by atoms with E-state index in [9.17, 15) is 4.79 Å². The topological polar surface area (TPSA) is 17.1 Å².